The summed E-state index contributed by atoms with van der Waals surface area (Å²) in [6.45, 7) is 2.83. The molecule has 0 unspecified atom stereocenters. The molecule has 1 aromatic carbocycles. The van der Waals surface area contributed by atoms with Crippen LogP contribution in [0.4, 0.5) is 0 Å². The quantitative estimate of drug-likeness (QED) is 0.653. The van der Waals surface area contributed by atoms with Crippen molar-refractivity contribution in [3.8, 4) is 0 Å². The van der Waals surface area contributed by atoms with E-state index in [0.717, 1.165) is 31.5 Å². The Morgan fingerprint density at radius 3 is 2.40 bits per heavy atom. The van der Waals surface area contributed by atoms with Gasteiger partial charge in [0.25, 0.3) is 5.91 Å². The van der Waals surface area contributed by atoms with E-state index >= 15 is 0 Å². The Hall–Kier alpha value is -1.34. The summed E-state index contributed by atoms with van der Waals surface area (Å²) in [5, 5.41) is 8.98. The number of benzene rings is 1. The van der Waals surface area contributed by atoms with Crippen molar-refractivity contribution >= 4 is 36.6 Å². The minimum atomic E-state index is -0.0717. The van der Waals surface area contributed by atoms with Gasteiger partial charge >= 0.3 is 0 Å². The van der Waals surface area contributed by atoms with Gasteiger partial charge in [0.1, 0.15) is 0 Å². The smallest absolute Gasteiger partial charge is 0.251 e. The molecule has 1 atom stereocenters. The van der Waals surface area contributed by atoms with E-state index in [4.69, 9.17) is 0 Å². The molecule has 3 N–H and O–H groups in total. The second-order valence-electron chi connectivity index (χ2n) is 6.12. The number of nitrogens with one attached hydrogen (secondary N) is 3. The molecule has 0 aromatic heterocycles. The summed E-state index contributed by atoms with van der Waals surface area (Å²) < 4.78 is 0. The van der Waals surface area contributed by atoms with Crippen molar-refractivity contribution in [1.29, 1.82) is 0 Å². The van der Waals surface area contributed by atoms with Crippen LogP contribution in [0.1, 0.15) is 28.8 Å². The topological polar surface area (TPSA) is 73.5 Å². The average molecular weight is 391 g/mol. The van der Waals surface area contributed by atoms with Crippen LogP contribution in [-0.4, -0.2) is 56.5 Å². The summed E-state index contributed by atoms with van der Waals surface area (Å²) in [5.74, 6) is -0.0226. The lowest BCUT2D eigenvalue weighted by atomic mass is 10.1. The van der Waals surface area contributed by atoms with Crippen molar-refractivity contribution in [2.24, 2.45) is 0 Å². The molecule has 1 saturated heterocycles. The largest absolute Gasteiger partial charge is 0.351 e. The zero-order valence-corrected chi connectivity index (χ0v) is 16.3. The fourth-order valence-electron chi connectivity index (χ4n) is 2.49. The number of hydrogen-bond acceptors (Lipinski definition) is 4. The van der Waals surface area contributed by atoms with Crippen molar-refractivity contribution in [3.05, 3.63) is 35.4 Å². The van der Waals surface area contributed by atoms with Gasteiger partial charge in [-0.25, -0.2) is 0 Å². The molecule has 142 valence electrons. The second kappa shape index (κ2) is 12.1. The highest BCUT2D eigenvalue weighted by Crippen LogP contribution is 2.07. The van der Waals surface area contributed by atoms with Gasteiger partial charge in [-0.2, -0.15) is 0 Å². The molecule has 1 aliphatic rings. The van der Waals surface area contributed by atoms with E-state index in [1.165, 1.54) is 0 Å². The first-order chi connectivity index (χ1) is 11.1. The minimum absolute atomic E-state index is 0. The van der Waals surface area contributed by atoms with Gasteiger partial charge in [-0.05, 0) is 51.2 Å². The first kappa shape index (κ1) is 23.7. The van der Waals surface area contributed by atoms with E-state index in [-0.39, 0.29) is 42.7 Å². The number of rotatable bonds is 7. The van der Waals surface area contributed by atoms with E-state index in [1.54, 1.807) is 12.1 Å². The van der Waals surface area contributed by atoms with Gasteiger partial charge < -0.3 is 20.9 Å². The van der Waals surface area contributed by atoms with Crippen LogP contribution < -0.4 is 16.0 Å². The number of nitrogens with zero attached hydrogens (tertiary/aromatic N) is 1. The Balaban J connectivity index is 0.00000288. The number of carbonyl (C=O) groups excluding carboxylic acids is 2. The number of likely N-dealkylation sites (N-methyl/N-ethyl adjacent to an activating group) is 1. The number of amides is 2. The SMILES string of the molecule is CN(C)CCNC(=O)c1ccc(CNC(=O)[C@@H]2CCCN2)cc1.Cl.Cl. The molecule has 1 fully saturated rings. The van der Waals surface area contributed by atoms with Crippen molar-refractivity contribution in [1.82, 2.24) is 20.9 Å². The van der Waals surface area contributed by atoms with Crippen molar-refractivity contribution in [2.75, 3.05) is 33.7 Å². The number of halogens is 2. The van der Waals surface area contributed by atoms with Crippen LogP contribution in [0.5, 0.6) is 0 Å². The molecule has 0 spiro atoms. The Labute approximate surface area is 161 Å². The molecule has 8 heteroatoms. The highest BCUT2D eigenvalue weighted by molar-refractivity contribution is 5.94. The molecular formula is C17H28Cl2N4O2. The minimum Gasteiger partial charge on any atom is -0.351 e. The Bertz CT molecular complexity index is 532. The molecule has 6 nitrogen and oxygen atoms in total. The van der Waals surface area contributed by atoms with Gasteiger partial charge in [-0.3, -0.25) is 9.59 Å². The molecule has 1 aromatic rings. The summed E-state index contributed by atoms with van der Waals surface area (Å²) >= 11 is 0. The molecule has 0 bridgehead atoms. The van der Waals surface area contributed by atoms with Crippen LogP contribution in [0.25, 0.3) is 0 Å². The fourth-order valence-corrected chi connectivity index (χ4v) is 2.49. The van der Waals surface area contributed by atoms with E-state index < -0.39 is 0 Å². The molecule has 0 aliphatic carbocycles. The molecule has 0 saturated carbocycles. The van der Waals surface area contributed by atoms with Gasteiger partial charge in [0, 0.05) is 25.2 Å². The second-order valence-corrected chi connectivity index (χ2v) is 6.12. The number of carbonyl (C=O) groups is 2. The normalized spacial score (nSPS) is 15.9. The molecule has 25 heavy (non-hydrogen) atoms. The maximum absolute atomic E-state index is 12.0. The molecule has 1 aliphatic heterocycles. The summed E-state index contributed by atoms with van der Waals surface area (Å²) in [6.07, 6.45) is 1.95. The maximum atomic E-state index is 12.0. The van der Waals surface area contributed by atoms with Crippen molar-refractivity contribution < 1.29 is 9.59 Å². The molecule has 1 heterocycles. The summed E-state index contributed by atoms with van der Waals surface area (Å²) in [7, 11) is 3.94. The number of hydrogen-bond donors (Lipinski definition) is 3. The highest BCUT2D eigenvalue weighted by atomic mass is 35.5. The Morgan fingerprint density at radius 2 is 1.84 bits per heavy atom. The van der Waals surface area contributed by atoms with Crippen LogP contribution in [0, 0.1) is 0 Å². The summed E-state index contributed by atoms with van der Waals surface area (Å²) in [6, 6.07) is 7.28. The predicted molar refractivity (Wildman–Crippen MR) is 105 cm³/mol. The molecule has 2 amide bonds. The highest BCUT2D eigenvalue weighted by Gasteiger charge is 2.21. The first-order valence-electron chi connectivity index (χ1n) is 8.09. The lowest BCUT2D eigenvalue weighted by molar-refractivity contribution is -0.122. The van der Waals surface area contributed by atoms with E-state index in [9.17, 15) is 9.59 Å². The van der Waals surface area contributed by atoms with Crippen LogP contribution in [0.2, 0.25) is 0 Å². The third kappa shape index (κ3) is 8.05. The van der Waals surface area contributed by atoms with E-state index in [1.807, 2.05) is 31.1 Å². The molecule has 2 rings (SSSR count). The monoisotopic (exact) mass is 390 g/mol. The van der Waals surface area contributed by atoms with Gasteiger partial charge in [0.2, 0.25) is 5.91 Å². The standard InChI is InChI=1S/C17H26N4O2.2ClH/c1-21(2)11-10-19-16(22)14-7-5-13(6-8-14)12-20-17(23)15-4-3-9-18-15;;/h5-8,15,18H,3-4,9-12H2,1-2H3,(H,19,22)(H,20,23);2*1H/t15-;;/m0../s1. The van der Waals surface area contributed by atoms with Crippen molar-refractivity contribution in [2.45, 2.75) is 25.4 Å². The van der Waals surface area contributed by atoms with Gasteiger partial charge in [-0.15, -0.1) is 24.8 Å². The third-order valence-corrected chi connectivity index (χ3v) is 3.90. The zero-order chi connectivity index (χ0) is 16.7. The van der Waals surface area contributed by atoms with Crippen LogP contribution in [-0.2, 0) is 11.3 Å². The zero-order valence-electron chi connectivity index (χ0n) is 14.7. The van der Waals surface area contributed by atoms with Crippen LogP contribution in [0.15, 0.2) is 24.3 Å². The van der Waals surface area contributed by atoms with Crippen molar-refractivity contribution in [3.63, 3.8) is 0 Å². The van der Waals surface area contributed by atoms with E-state index in [2.05, 4.69) is 16.0 Å². The van der Waals surface area contributed by atoms with Gasteiger partial charge in [0.15, 0.2) is 0 Å². The first-order valence-corrected chi connectivity index (χ1v) is 8.09. The lowest BCUT2D eigenvalue weighted by Gasteiger charge is -2.12. The van der Waals surface area contributed by atoms with Crippen LogP contribution in [0.3, 0.4) is 0 Å². The predicted octanol–water partition coefficient (Wildman–Crippen LogP) is 1.19. The third-order valence-electron chi connectivity index (χ3n) is 3.90. The Kier molecular flexibility index (Phi) is 11.4. The fraction of sp³-hybridized carbons (Fsp3) is 0.529. The average Bonchev–Trinajstić information content (AvgIpc) is 3.07. The van der Waals surface area contributed by atoms with Crippen LogP contribution >= 0.6 is 24.8 Å². The summed E-state index contributed by atoms with van der Waals surface area (Å²) in [5.41, 5.74) is 1.62. The maximum Gasteiger partial charge on any atom is 0.251 e. The molecular weight excluding hydrogens is 363 g/mol. The van der Waals surface area contributed by atoms with Gasteiger partial charge in [0.05, 0.1) is 6.04 Å². The lowest BCUT2D eigenvalue weighted by Crippen LogP contribution is -2.40. The summed E-state index contributed by atoms with van der Waals surface area (Å²) in [4.78, 5) is 25.9. The van der Waals surface area contributed by atoms with E-state index in [0.29, 0.717) is 18.7 Å². The molecule has 0 radical (unpaired) electrons. The van der Waals surface area contributed by atoms with Gasteiger partial charge in [-0.1, -0.05) is 12.1 Å². The Morgan fingerprint density at radius 1 is 1.16 bits per heavy atom.